The largest absolute Gasteiger partial charge is 0.315 e. The number of hydrogen-bond acceptors (Lipinski definition) is 4. The van der Waals surface area contributed by atoms with Gasteiger partial charge in [-0.2, -0.15) is 0 Å². The summed E-state index contributed by atoms with van der Waals surface area (Å²) >= 11 is 6.14. The third-order valence-corrected chi connectivity index (χ3v) is 6.21. The second kappa shape index (κ2) is 11.7. The summed E-state index contributed by atoms with van der Waals surface area (Å²) in [5.74, 6) is 0. The van der Waals surface area contributed by atoms with E-state index in [2.05, 4.69) is 15.0 Å². The lowest BCUT2D eigenvalue weighted by Crippen LogP contribution is -2.40. The van der Waals surface area contributed by atoms with E-state index in [4.69, 9.17) is 11.6 Å². The summed E-state index contributed by atoms with van der Waals surface area (Å²) in [5.41, 5.74) is 1.07. The number of aromatic nitrogens is 1. The van der Waals surface area contributed by atoms with Crippen molar-refractivity contribution in [2.45, 2.75) is 24.3 Å². The van der Waals surface area contributed by atoms with E-state index in [1.807, 2.05) is 31.2 Å². The topological polar surface area (TPSA) is 71.1 Å². The molecule has 3 rings (SSSR count). The molecule has 29 heavy (non-hydrogen) atoms. The third kappa shape index (κ3) is 7.10. The number of pyridine rings is 1. The van der Waals surface area contributed by atoms with Crippen molar-refractivity contribution < 1.29 is 8.42 Å². The Bertz CT molecular complexity index is 1030. The quantitative estimate of drug-likeness (QED) is 0.477. The summed E-state index contributed by atoms with van der Waals surface area (Å²) in [6, 6.07) is 14.3. The molecule has 9 heteroatoms. The van der Waals surface area contributed by atoms with E-state index in [0.717, 1.165) is 34.3 Å². The van der Waals surface area contributed by atoms with E-state index in [1.54, 1.807) is 36.7 Å². The maximum Gasteiger partial charge on any atom is 0.240 e. The van der Waals surface area contributed by atoms with Crippen LogP contribution in [-0.4, -0.2) is 32.5 Å². The van der Waals surface area contributed by atoms with E-state index in [1.165, 1.54) is 0 Å². The minimum Gasteiger partial charge on any atom is -0.315 e. The van der Waals surface area contributed by atoms with E-state index in [0.29, 0.717) is 6.54 Å². The van der Waals surface area contributed by atoms with Crippen molar-refractivity contribution in [1.29, 1.82) is 0 Å². The summed E-state index contributed by atoms with van der Waals surface area (Å²) in [6.45, 7) is 3.09. The van der Waals surface area contributed by atoms with Gasteiger partial charge in [0.1, 0.15) is 0 Å². The molecule has 0 unspecified atom stereocenters. The number of nitrogens with one attached hydrogen (secondary N) is 2. The number of benzene rings is 2. The van der Waals surface area contributed by atoms with Gasteiger partial charge in [-0.1, -0.05) is 35.9 Å². The fourth-order valence-electron chi connectivity index (χ4n) is 2.85. The molecule has 0 aliphatic rings. The number of fused-ring (bicyclic) bond motifs is 1. The lowest BCUT2D eigenvalue weighted by Gasteiger charge is -2.15. The Labute approximate surface area is 189 Å². The third-order valence-electron chi connectivity index (χ3n) is 4.26. The zero-order valence-electron chi connectivity index (χ0n) is 15.8. The van der Waals surface area contributed by atoms with Crippen LogP contribution in [0.25, 0.3) is 10.8 Å². The monoisotopic (exact) mass is 475 g/mol. The highest BCUT2D eigenvalue weighted by Gasteiger charge is 2.17. The molecule has 1 aromatic heterocycles. The zero-order valence-corrected chi connectivity index (χ0v) is 19.0. The molecule has 2 N–H and O–H groups in total. The van der Waals surface area contributed by atoms with Crippen LogP contribution in [0.3, 0.4) is 0 Å². The van der Waals surface area contributed by atoms with Gasteiger partial charge in [0.2, 0.25) is 10.0 Å². The lowest BCUT2D eigenvalue weighted by atomic mass is 10.1. The van der Waals surface area contributed by atoms with Crippen molar-refractivity contribution in [3.8, 4) is 0 Å². The van der Waals surface area contributed by atoms with Crippen LogP contribution in [0, 0.1) is 0 Å². The van der Waals surface area contributed by atoms with Gasteiger partial charge in [-0.15, -0.1) is 24.8 Å². The van der Waals surface area contributed by atoms with Crippen LogP contribution in [-0.2, 0) is 16.4 Å². The SMILES string of the molecule is C[C@H](CNCCc1ccccc1Cl)NS(=O)(=O)c1ccc2cnccc2c1.Cl.Cl. The molecular weight excluding hydrogens is 453 g/mol. The molecule has 0 saturated carbocycles. The molecule has 5 nitrogen and oxygen atoms in total. The fraction of sp³-hybridized carbons (Fsp3) is 0.250. The number of sulfonamides is 1. The highest BCUT2D eigenvalue weighted by molar-refractivity contribution is 7.89. The van der Waals surface area contributed by atoms with Crippen LogP contribution in [0.15, 0.2) is 65.8 Å². The van der Waals surface area contributed by atoms with E-state index in [-0.39, 0.29) is 35.8 Å². The van der Waals surface area contributed by atoms with Gasteiger partial charge in [0.05, 0.1) is 4.90 Å². The smallest absolute Gasteiger partial charge is 0.240 e. The Morgan fingerprint density at radius 1 is 1.07 bits per heavy atom. The van der Waals surface area contributed by atoms with Gasteiger partial charge in [0.25, 0.3) is 0 Å². The first kappa shape index (κ1) is 25.6. The van der Waals surface area contributed by atoms with E-state index in [9.17, 15) is 8.42 Å². The summed E-state index contributed by atoms with van der Waals surface area (Å²) in [7, 11) is -3.58. The first-order valence-electron chi connectivity index (χ1n) is 8.76. The molecule has 0 fully saturated rings. The molecule has 3 aromatic rings. The van der Waals surface area contributed by atoms with Gasteiger partial charge in [-0.3, -0.25) is 4.98 Å². The van der Waals surface area contributed by atoms with Crippen molar-refractivity contribution in [3.63, 3.8) is 0 Å². The van der Waals surface area contributed by atoms with Crippen molar-refractivity contribution in [3.05, 3.63) is 71.5 Å². The minimum absolute atomic E-state index is 0. The maximum atomic E-state index is 12.6. The predicted octanol–water partition coefficient (Wildman–Crippen LogP) is 4.23. The molecule has 0 bridgehead atoms. The molecule has 1 heterocycles. The first-order valence-corrected chi connectivity index (χ1v) is 10.6. The second-order valence-electron chi connectivity index (χ2n) is 6.45. The van der Waals surface area contributed by atoms with Gasteiger partial charge in [-0.25, -0.2) is 13.1 Å². The fourth-order valence-corrected chi connectivity index (χ4v) is 4.35. The van der Waals surface area contributed by atoms with Crippen LogP contribution in [0.5, 0.6) is 0 Å². The van der Waals surface area contributed by atoms with Gasteiger partial charge in [0.15, 0.2) is 0 Å². The Hall–Kier alpha value is -1.41. The first-order chi connectivity index (χ1) is 13.0. The highest BCUT2D eigenvalue weighted by Crippen LogP contribution is 2.18. The van der Waals surface area contributed by atoms with Crippen LogP contribution < -0.4 is 10.0 Å². The van der Waals surface area contributed by atoms with Crippen molar-refractivity contribution in [1.82, 2.24) is 15.0 Å². The average Bonchev–Trinajstić information content (AvgIpc) is 2.66. The Morgan fingerprint density at radius 2 is 1.83 bits per heavy atom. The molecule has 0 aliphatic carbocycles. The lowest BCUT2D eigenvalue weighted by molar-refractivity contribution is 0.537. The molecule has 0 saturated heterocycles. The molecule has 0 spiro atoms. The molecule has 2 aromatic carbocycles. The predicted molar refractivity (Wildman–Crippen MR) is 124 cm³/mol. The summed E-state index contributed by atoms with van der Waals surface area (Å²) < 4.78 is 27.9. The second-order valence-corrected chi connectivity index (χ2v) is 8.57. The summed E-state index contributed by atoms with van der Waals surface area (Å²) in [4.78, 5) is 4.29. The molecule has 0 aliphatic heterocycles. The minimum atomic E-state index is -3.58. The number of halogens is 3. The number of nitrogens with zero attached hydrogens (tertiary/aromatic N) is 1. The average molecular weight is 477 g/mol. The van der Waals surface area contributed by atoms with Gasteiger partial charge >= 0.3 is 0 Å². The van der Waals surface area contributed by atoms with Gasteiger partial charge in [0, 0.05) is 35.4 Å². The summed E-state index contributed by atoms with van der Waals surface area (Å²) in [6.07, 6.45) is 4.15. The molecule has 0 amide bonds. The van der Waals surface area contributed by atoms with Crippen LogP contribution in [0.2, 0.25) is 5.02 Å². The van der Waals surface area contributed by atoms with Crippen LogP contribution in [0.1, 0.15) is 12.5 Å². The Kier molecular flexibility index (Phi) is 10.3. The van der Waals surface area contributed by atoms with Crippen molar-refractivity contribution in [2.24, 2.45) is 0 Å². The van der Waals surface area contributed by atoms with E-state index < -0.39 is 10.0 Å². The normalized spacial score (nSPS) is 12.1. The standard InChI is InChI=1S/C20H22ClN3O2S.2ClH/c1-15(13-22-10-8-16-4-2-3-5-20(16)21)24-27(25,26)19-7-6-18-14-23-11-9-17(18)12-19;;/h2-7,9,11-12,14-15,22,24H,8,10,13H2,1H3;2*1H/t15-;;/m1../s1. The zero-order chi connectivity index (χ0) is 19.3. The van der Waals surface area contributed by atoms with E-state index >= 15 is 0 Å². The van der Waals surface area contributed by atoms with Crippen molar-refractivity contribution >= 4 is 57.2 Å². The molecule has 158 valence electrons. The molecule has 1 atom stereocenters. The van der Waals surface area contributed by atoms with Crippen molar-refractivity contribution in [2.75, 3.05) is 13.1 Å². The maximum absolute atomic E-state index is 12.6. The molecular formula is C20H24Cl3N3O2S. The summed E-state index contributed by atoms with van der Waals surface area (Å²) in [5, 5.41) is 5.77. The van der Waals surface area contributed by atoms with Crippen LogP contribution in [0.4, 0.5) is 0 Å². The Balaban J connectivity index is 0.00000210. The van der Waals surface area contributed by atoms with Crippen LogP contribution >= 0.6 is 36.4 Å². The molecule has 0 radical (unpaired) electrons. The Morgan fingerprint density at radius 3 is 2.59 bits per heavy atom. The van der Waals surface area contributed by atoms with Gasteiger partial charge < -0.3 is 5.32 Å². The highest BCUT2D eigenvalue weighted by atomic mass is 35.5. The number of hydrogen-bond donors (Lipinski definition) is 2. The number of rotatable bonds is 8. The van der Waals surface area contributed by atoms with Gasteiger partial charge in [-0.05, 0) is 55.1 Å².